The largest absolute Gasteiger partial charge is 0.348 e. The Morgan fingerprint density at radius 1 is 1.00 bits per heavy atom. The SMILES string of the molecule is N#Cc1cccc(CNC(=O)c2cc3ccccc3cc2NC(=O)C2CC2)c1. The molecule has 0 aliphatic heterocycles. The Morgan fingerprint density at radius 3 is 2.46 bits per heavy atom. The van der Waals surface area contributed by atoms with Gasteiger partial charge < -0.3 is 10.6 Å². The first-order valence-electron chi connectivity index (χ1n) is 9.25. The maximum absolute atomic E-state index is 12.9. The third-order valence-corrected chi connectivity index (χ3v) is 4.85. The molecule has 0 unspecified atom stereocenters. The monoisotopic (exact) mass is 369 g/mol. The highest BCUT2D eigenvalue weighted by Gasteiger charge is 2.30. The van der Waals surface area contributed by atoms with Crippen LogP contribution in [0.2, 0.25) is 0 Å². The van der Waals surface area contributed by atoms with Crippen LogP contribution in [0.5, 0.6) is 0 Å². The molecule has 0 saturated heterocycles. The molecule has 1 aliphatic carbocycles. The average Bonchev–Trinajstić information content (AvgIpc) is 3.57. The van der Waals surface area contributed by atoms with Gasteiger partial charge in [0.15, 0.2) is 0 Å². The second-order valence-electron chi connectivity index (χ2n) is 7.00. The molecule has 4 rings (SSSR count). The fraction of sp³-hybridized carbons (Fsp3) is 0.174. The lowest BCUT2D eigenvalue weighted by atomic mass is 10.0. The Morgan fingerprint density at radius 2 is 1.75 bits per heavy atom. The summed E-state index contributed by atoms with van der Waals surface area (Å²) in [5.74, 6) is -0.249. The zero-order chi connectivity index (χ0) is 19.5. The van der Waals surface area contributed by atoms with Crippen molar-refractivity contribution in [1.82, 2.24) is 5.32 Å². The van der Waals surface area contributed by atoms with E-state index >= 15 is 0 Å². The molecule has 2 N–H and O–H groups in total. The minimum Gasteiger partial charge on any atom is -0.348 e. The standard InChI is InChI=1S/C23H19N3O2/c24-13-15-4-3-5-16(10-15)14-25-23(28)20-11-18-6-1-2-7-19(18)12-21(20)26-22(27)17-8-9-17/h1-7,10-12,17H,8-9,14H2,(H,25,28)(H,26,27). The molecule has 138 valence electrons. The van der Waals surface area contributed by atoms with Crippen LogP contribution >= 0.6 is 0 Å². The van der Waals surface area contributed by atoms with Crippen molar-refractivity contribution >= 4 is 28.3 Å². The molecule has 5 nitrogen and oxygen atoms in total. The number of carbonyl (C=O) groups excluding carboxylic acids is 2. The molecule has 0 aromatic heterocycles. The molecule has 1 saturated carbocycles. The summed E-state index contributed by atoms with van der Waals surface area (Å²) >= 11 is 0. The Kier molecular flexibility index (Phi) is 4.77. The van der Waals surface area contributed by atoms with Crippen molar-refractivity contribution in [2.75, 3.05) is 5.32 Å². The first-order valence-corrected chi connectivity index (χ1v) is 9.25. The van der Waals surface area contributed by atoms with Crippen LogP contribution in [0.1, 0.15) is 34.3 Å². The molecule has 0 heterocycles. The van der Waals surface area contributed by atoms with E-state index in [1.54, 1.807) is 24.3 Å². The number of carbonyl (C=O) groups is 2. The van der Waals surface area contributed by atoms with E-state index in [0.29, 0.717) is 23.4 Å². The number of amides is 2. The van der Waals surface area contributed by atoms with Crippen molar-refractivity contribution in [3.05, 3.63) is 77.4 Å². The summed E-state index contributed by atoms with van der Waals surface area (Å²) < 4.78 is 0. The number of rotatable bonds is 5. The summed E-state index contributed by atoms with van der Waals surface area (Å²) in [6.45, 7) is 0.303. The van der Waals surface area contributed by atoms with Crippen LogP contribution in [0.3, 0.4) is 0 Å². The molecule has 0 spiro atoms. The second-order valence-corrected chi connectivity index (χ2v) is 7.00. The van der Waals surface area contributed by atoms with Gasteiger partial charge in [0, 0.05) is 12.5 Å². The highest BCUT2D eigenvalue weighted by atomic mass is 16.2. The predicted octanol–water partition coefficient (Wildman–Crippen LogP) is 3.99. The number of fused-ring (bicyclic) bond motifs is 1. The number of anilines is 1. The van der Waals surface area contributed by atoms with Gasteiger partial charge in [0.05, 0.1) is 22.9 Å². The fourth-order valence-electron chi connectivity index (χ4n) is 3.14. The topological polar surface area (TPSA) is 82.0 Å². The van der Waals surface area contributed by atoms with Crippen molar-refractivity contribution in [3.63, 3.8) is 0 Å². The quantitative estimate of drug-likeness (QED) is 0.713. The first kappa shape index (κ1) is 17.7. The maximum atomic E-state index is 12.9. The lowest BCUT2D eigenvalue weighted by Crippen LogP contribution is -2.25. The Bertz CT molecular complexity index is 1110. The smallest absolute Gasteiger partial charge is 0.253 e. The van der Waals surface area contributed by atoms with Gasteiger partial charge in [-0.15, -0.1) is 0 Å². The third-order valence-electron chi connectivity index (χ3n) is 4.85. The van der Waals surface area contributed by atoms with Gasteiger partial charge >= 0.3 is 0 Å². The summed E-state index contributed by atoms with van der Waals surface area (Å²) in [6, 6.07) is 20.6. The van der Waals surface area contributed by atoms with Crippen LogP contribution in [0, 0.1) is 17.2 Å². The molecule has 1 fully saturated rings. The van der Waals surface area contributed by atoms with Crippen molar-refractivity contribution in [2.45, 2.75) is 19.4 Å². The van der Waals surface area contributed by atoms with Crippen molar-refractivity contribution in [3.8, 4) is 6.07 Å². The van der Waals surface area contributed by atoms with Crippen molar-refractivity contribution in [2.24, 2.45) is 5.92 Å². The molecule has 1 aliphatic rings. The Hall–Kier alpha value is -3.65. The van der Waals surface area contributed by atoms with E-state index < -0.39 is 0 Å². The van der Waals surface area contributed by atoms with E-state index in [1.165, 1.54) is 0 Å². The molecule has 28 heavy (non-hydrogen) atoms. The van der Waals surface area contributed by atoms with Gasteiger partial charge in [-0.2, -0.15) is 5.26 Å². The summed E-state index contributed by atoms with van der Waals surface area (Å²) in [6.07, 6.45) is 1.80. The lowest BCUT2D eigenvalue weighted by molar-refractivity contribution is -0.117. The van der Waals surface area contributed by atoms with Gasteiger partial charge in [0.25, 0.3) is 5.91 Å². The molecule has 3 aromatic rings. The number of hydrogen-bond donors (Lipinski definition) is 2. The molecule has 5 heteroatoms. The molecule has 0 atom stereocenters. The average molecular weight is 369 g/mol. The van der Waals surface area contributed by atoms with E-state index in [2.05, 4.69) is 16.7 Å². The van der Waals surface area contributed by atoms with Crippen LogP contribution in [0.4, 0.5) is 5.69 Å². The molecule has 3 aromatic carbocycles. The van der Waals surface area contributed by atoms with E-state index in [1.807, 2.05) is 36.4 Å². The van der Waals surface area contributed by atoms with Gasteiger partial charge in [0.1, 0.15) is 0 Å². The summed E-state index contributed by atoms with van der Waals surface area (Å²) in [5, 5.41) is 16.7. The minimum atomic E-state index is -0.265. The van der Waals surface area contributed by atoms with E-state index in [4.69, 9.17) is 5.26 Å². The molecule has 0 radical (unpaired) electrons. The summed E-state index contributed by atoms with van der Waals surface area (Å²) in [5.41, 5.74) is 2.36. The number of nitriles is 1. The number of nitrogens with zero attached hydrogens (tertiary/aromatic N) is 1. The normalized spacial score (nSPS) is 13.0. The number of nitrogens with one attached hydrogen (secondary N) is 2. The van der Waals surface area contributed by atoms with E-state index in [0.717, 1.165) is 29.2 Å². The molecular formula is C23H19N3O2. The molecular weight excluding hydrogens is 350 g/mol. The van der Waals surface area contributed by atoms with Gasteiger partial charge in [-0.1, -0.05) is 36.4 Å². The van der Waals surface area contributed by atoms with Gasteiger partial charge in [-0.05, 0) is 53.4 Å². The predicted molar refractivity (Wildman–Crippen MR) is 108 cm³/mol. The van der Waals surface area contributed by atoms with Crippen LogP contribution in [-0.4, -0.2) is 11.8 Å². The van der Waals surface area contributed by atoms with Crippen LogP contribution in [0.15, 0.2) is 60.7 Å². The zero-order valence-electron chi connectivity index (χ0n) is 15.2. The highest BCUT2D eigenvalue weighted by Crippen LogP contribution is 2.32. The first-order chi connectivity index (χ1) is 13.6. The number of hydrogen-bond acceptors (Lipinski definition) is 3. The highest BCUT2D eigenvalue weighted by molar-refractivity contribution is 6.08. The minimum absolute atomic E-state index is 0.0361. The van der Waals surface area contributed by atoms with E-state index in [-0.39, 0.29) is 17.7 Å². The van der Waals surface area contributed by atoms with Crippen LogP contribution < -0.4 is 10.6 Å². The van der Waals surface area contributed by atoms with Crippen molar-refractivity contribution < 1.29 is 9.59 Å². The lowest BCUT2D eigenvalue weighted by Gasteiger charge is -2.13. The van der Waals surface area contributed by atoms with E-state index in [9.17, 15) is 9.59 Å². The fourth-order valence-corrected chi connectivity index (χ4v) is 3.14. The molecule has 2 amide bonds. The van der Waals surface area contributed by atoms with Gasteiger partial charge in [-0.3, -0.25) is 9.59 Å². The van der Waals surface area contributed by atoms with Gasteiger partial charge in [0.2, 0.25) is 5.91 Å². The Labute approximate surface area is 163 Å². The maximum Gasteiger partial charge on any atom is 0.253 e. The van der Waals surface area contributed by atoms with Crippen molar-refractivity contribution in [1.29, 1.82) is 5.26 Å². The summed E-state index contributed by atoms with van der Waals surface area (Å²) in [4.78, 5) is 25.1. The van der Waals surface area contributed by atoms with Gasteiger partial charge in [-0.25, -0.2) is 0 Å². The third kappa shape index (κ3) is 3.86. The van der Waals surface area contributed by atoms with Crippen LogP contribution in [-0.2, 0) is 11.3 Å². The zero-order valence-corrected chi connectivity index (χ0v) is 15.2. The summed E-state index contributed by atoms with van der Waals surface area (Å²) in [7, 11) is 0. The Balaban J connectivity index is 1.60. The second kappa shape index (κ2) is 7.53. The number of benzene rings is 3. The molecule has 0 bridgehead atoms. The van der Waals surface area contributed by atoms with Crippen LogP contribution in [0.25, 0.3) is 10.8 Å².